The number of amides is 1. The molecule has 0 aliphatic carbocycles. The molecule has 3 N–H and O–H groups in total. The molecular formula is C15H20ClN3O2. The summed E-state index contributed by atoms with van der Waals surface area (Å²) >= 11 is 0. The van der Waals surface area contributed by atoms with Crippen LogP contribution in [0, 0.1) is 0 Å². The zero-order valence-corrected chi connectivity index (χ0v) is 12.9. The minimum absolute atomic E-state index is 0. The number of nitrogens with one attached hydrogen (secondary N) is 1. The third-order valence-corrected chi connectivity index (χ3v) is 3.20. The molecule has 1 aromatic heterocycles. The van der Waals surface area contributed by atoms with Crippen LogP contribution in [0.15, 0.2) is 40.9 Å². The van der Waals surface area contributed by atoms with Gasteiger partial charge in [0.2, 0.25) is 11.8 Å². The minimum atomic E-state index is -1.08. The molecular weight excluding hydrogens is 290 g/mol. The van der Waals surface area contributed by atoms with Crippen molar-refractivity contribution >= 4 is 18.3 Å². The van der Waals surface area contributed by atoms with E-state index in [4.69, 9.17) is 10.2 Å². The summed E-state index contributed by atoms with van der Waals surface area (Å²) in [6.45, 7) is 3.90. The highest BCUT2D eigenvalue weighted by Crippen LogP contribution is 2.17. The molecule has 2 rings (SSSR count). The molecule has 0 aliphatic heterocycles. The van der Waals surface area contributed by atoms with E-state index in [1.54, 1.807) is 13.1 Å². The molecule has 0 bridgehead atoms. The Morgan fingerprint density at radius 2 is 2.05 bits per heavy atom. The van der Waals surface area contributed by atoms with Gasteiger partial charge in [-0.25, -0.2) is 4.98 Å². The normalized spacial score (nSPS) is 13.1. The Kier molecular flexibility index (Phi) is 5.93. The molecule has 1 aromatic carbocycles. The first-order chi connectivity index (χ1) is 9.54. The van der Waals surface area contributed by atoms with Crippen molar-refractivity contribution in [3.8, 4) is 0 Å². The van der Waals surface area contributed by atoms with E-state index in [1.807, 2.05) is 37.3 Å². The van der Waals surface area contributed by atoms with Gasteiger partial charge in [0.25, 0.3) is 0 Å². The van der Waals surface area contributed by atoms with E-state index >= 15 is 0 Å². The Morgan fingerprint density at radius 3 is 2.62 bits per heavy atom. The van der Waals surface area contributed by atoms with Crippen LogP contribution in [0.25, 0.3) is 0 Å². The summed E-state index contributed by atoms with van der Waals surface area (Å²) < 4.78 is 5.43. The van der Waals surface area contributed by atoms with E-state index in [0.717, 1.165) is 17.7 Å². The lowest BCUT2D eigenvalue weighted by molar-refractivity contribution is -0.126. The van der Waals surface area contributed by atoms with Gasteiger partial charge in [-0.15, -0.1) is 12.4 Å². The van der Waals surface area contributed by atoms with Crippen molar-refractivity contribution in [3.63, 3.8) is 0 Å². The fourth-order valence-corrected chi connectivity index (χ4v) is 1.85. The molecule has 0 radical (unpaired) electrons. The van der Waals surface area contributed by atoms with E-state index in [2.05, 4.69) is 10.3 Å². The highest BCUT2D eigenvalue weighted by atomic mass is 35.5. The molecule has 21 heavy (non-hydrogen) atoms. The summed E-state index contributed by atoms with van der Waals surface area (Å²) in [5.41, 5.74) is 5.80. The van der Waals surface area contributed by atoms with E-state index in [0.29, 0.717) is 5.89 Å². The topological polar surface area (TPSA) is 81.2 Å². The lowest BCUT2D eigenvalue weighted by Gasteiger charge is -2.23. The van der Waals surface area contributed by atoms with Crippen molar-refractivity contribution in [3.05, 3.63) is 53.7 Å². The fourth-order valence-electron chi connectivity index (χ4n) is 1.85. The Hall–Kier alpha value is -1.85. The number of hydrogen-bond donors (Lipinski definition) is 2. The second-order valence-electron chi connectivity index (χ2n) is 4.82. The zero-order chi connectivity index (χ0) is 14.6. The van der Waals surface area contributed by atoms with Gasteiger partial charge < -0.3 is 15.5 Å². The highest BCUT2D eigenvalue weighted by Gasteiger charge is 2.30. The van der Waals surface area contributed by atoms with E-state index in [-0.39, 0.29) is 24.9 Å². The maximum Gasteiger partial charge on any atom is 0.244 e. The summed E-state index contributed by atoms with van der Waals surface area (Å²) in [6, 6.07) is 9.26. The number of oxazole rings is 1. The quantitative estimate of drug-likeness (QED) is 0.886. The molecule has 0 saturated heterocycles. The number of hydrogen-bond acceptors (Lipinski definition) is 4. The van der Waals surface area contributed by atoms with Crippen LogP contribution < -0.4 is 11.1 Å². The summed E-state index contributed by atoms with van der Waals surface area (Å²) in [7, 11) is 0. The Morgan fingerprint density at radius 1 is 1.38 bits per heavy atom. The molecule has 1 unspecified atom stereocenters. The van der Waals surface area contributed by atoms with Crippen molar-refractivity contribution in [2.45, 2.75) is 32.4 Å². The third-order valence-electron chi connectivity index (χ3n) is 3.20. The van der Waals surface area contributed by atoms with Crippen LogP contribution in [0.1, 0.15) is 31.1 Å². The van der Waals surface area contributed by atoms with Crippen LogP contribution in [0.5, 0.6) is 0 Å². The lowest BCUT2D eigenvalue weighted by Crippen LogP contribution is -2.48. The van der Waals surface area contributed by atoms with Gasteiger partial charge in [-0.1, -0.05) is 37.3 Å². The van der Waals surface area contributed by atoms with Gasteiger partial charge in [-0.3, -0.25) is 4.79 Å². The molecule has 2 aromatic rings. The van der Waals surface area contributed by atoms with Crippen molar-refractivity contribution in [2.24, 2.45) is 5.73 Å². The molecule has 1 amide bonds. The van der Waals surface area contributed by atoms with Crippen LogP contribution in [-0.2, 0) is 23.3 Å². The molecule has 6 heteroatoms. The summed E-state index contributed by atoms with van der Waals surface area (Å²) in [4.78, 5) is 16.3. The largest absolute Gasteiger partial charge is 0.444 e. The predicted octanol–water partition coefficient (Wildman–Crippen LogP) is 2.15. The first kappa shape index (κ1) is 17.2. The number of benzene rings is 1. The Labute approximate surface area is 130 Å². The van der Waals surface area contributed by atoms with Crippen molar-refractivity contribution in [2.75, 3.05) is 0 Å². The van der Waals surface area contributed by atoms with Crippen molar-refractivity contribution < 1.29 is 9.21 Å². The van der Waals surface area contributed by atoms with Gasteiger partial charge in [0.15, 0.2) is 0 Å². The molecule has 5 nitrogen and oxygen atoms in total. The second-order valence-corrected chi connectivity index (χ2v) is 4.82. The maximum atomic E-state index is 12.2. The number of carbonyl (C=O) groups is 1. The summed E-state index contributed by atoms with van der Waals surface area (Å²) in [5.74, 6) is 1.02. The Balaban J connectivity index is 0.00000220. The summed E-state index contributed by atoms with van der Waals surface area (Å²) in [5, 5.41) is 2.75. The van der Waals surface area contributed by atoms with E-state index in [9.17, 15) is 4.79 Å². The molecule has 0 saturated carbocycles. The molecule has 0 fully saturated rings. The van der Waals surface area contributed by atoms with Crippen molar-refractivity contribution in [1.82, 2.24) is 10.3 Å². The van der Waals surface area contributed by atoms with Crippen LogP contribution in [0.2, 0.25) is 0 Å². The zero-order valence-electron chi connectivity index (χ0n) is 12.1. The molecule has 114 valence electrons. The number of aromatic nitrogens is 1. The monoisotopic (exact) mass is 309 g/mol. The van der Waals surface area contributed by atoms with Crippen LogP contribution >= 0.6 is 12.4 Å². The maximum absolute atomic E-state index is 12.2. The predicted molar refractivity (Wildman–Crippen MR) is 83.0 cm³/mol. The lowest BCUT2D eigenvalue weighted by atomic mass is 9.92. The summed E-state index contributed by atoms with van der Waals surface area (Å²) in [6.07, 6.45) is 2.44. The molecule has 0 spiro atoms. The number of rotatable bonds is 5. The number of nitrogens with zero attached hydrogens (tertiary/aromatic N) is 1. The number of aryl methyl sites for hydroxylation is 1. The second kappa shape index (κ2) is 7.24. The van der Waals surface area contributed by atoms with Crippen LogP contribution in [-0.4, -0.2) is 10.9 Å². The van der Waals surface area contributed by atoms with Crippen molar-refractivity contribution in [1.29, 1.82) is 0 Å². The van der Waals surface area contributed by atoms with E-state index in [1.165, 1.54) is 0 Å². The average molecular weight is 310 g/mol. The molecule has 1 heterocycles. The smallest absolute Gasteiger partial charge is 0.244 e. The highest BCUT2D eigenvalue weighted by molar-refractivity contribution is 5.86. The minimum Gasteiger partial charge on any atom is -0.444 e. The van der Waals surface area contributed by atoms with Gasteiger partial charge in [0.1, 0.15) is 11.3 Å². The first-order valence-corrected chi connectivity index (χ1v) is 6.60. The van der Waals surface area contributed by atoms with E-state index < -0.39 is 5.54 Å². The number of carbonyl (C=O) groups excluding carboxylic acids is 1. The third kappa shape index (κ3) is 4.06. The molecule has 1 atom stereocenters. The van der Waals surface area contributed by atoms with Gasteiger partial charge in [-0.05, 0) is 12.5 Å². The van der Waals surface area contributed by atoms with Gasteiger partial charge in [0, 0.05) is 6.42 Å². The molecule has 0 aliphatic rings. The number of halogens is 1. The number of nitrogens with two attached hydrogens (primary N) is 1. The van der Waals surface area contributed by atoms with Crippen LogP contribution in [0.4, 0.5) is 0 Å². The van der Waals surface area contributed by atoms with Crippen LogP contribution in [0.3, 0.4) is 0 Å². The van der Waals surface area contributed by atoms with Gasteiger partial charge in [-0.2, -0.15) is 0 Å². The fraction of sp³-hybridized carbons (Fsp3) is 0.333. The first-order valence-electron chi connectivity index (χ1n) is 6.60. The Bertz CT molecular complexity index is 582. The SMILES string of the molecule is CCc1cnc(CNC(=O)C(C)(N)c2ccccc2)o1.Cl. The van der Waals surface area contributed by atoms with Gasteiger partial charge in [0.05, 0.1) is 12.7 Å². The standard InChI is InChI=1S/C15H19N3O2.ClH/c1-3-12-9-17-13(20-12)10-18-14(19)15(2,16)11-7-5-4-6-8-11;/h4-9H,3,10,16H2,1-2H3,(H,18,19);1H. The average Bonchev–Trinajstić information content (AvgIpc) is 2.93. The van der Waals surface area contributed by atoms with Gasteiger partial charge >= 0.3 is 0 Å².